The first kappa shape index (κ1) is 17.0. The van der Waals surface area contributed by atoms with Gasteiger partial charge in [-0.15, -0.1) is 0 Å². The van der Waals surface area contributed by atoms with E-state index in [-0.39, 0.29) is 5.91 Å². The number of aryl methyl sites for hydroxylation is 3. The van der Waals surface area contributed by atoms with Gasteiger partial charge < -0.3 is 14.8 Å². The van der Waals surface area contributed by atoms with E-state index in [1.165, 1.54) is 5.56 Å². The molecule has 1 amide bonds. The summed E-state index contributed by atoms with van der Waals surface area (Å²) >= 11 is 0. The van der Waals surface area contributed by atoms with Gasteiger partial charge in [0.15, 0.2) is 5.65 Å². The maximum Gasteiger partial charge on any atom is 0.257 e. The Morgan fingerprint density at radius 1 is 0.964 bits per heavy atom. The van der Waals surface area contributed by atoms with Gasteiger partial charge in [-0.3, -0.25) is 4.79 Å². The molecule has 0 fully saturated rings. The summed E-state index contributed by atoms with van der Waals surface area (Å²) in [4.78, 5) is 18.0. The van der Waals surface area contributed by atoms with E-state index in [2.05, 4.69) is 5.32 Å². The number of carbonyl (C=O) groups is 1. The Labute approximate surface area is 162 Å². The lowest BCUT2D eigenvalue weighted by Crippen LogP contribution is -2.18. The van der Waals surface area contributed by atoms with Crippen LogP contribution in [0, 0.1) is 0 Å². The second-order valence-corrected chi connectivity index (χ2v) is 7.31. The average molecular weight is 378 g/mol. The highest BCUT2D eigenvalue weighted by atomic mass is 16.5. The molecule has 2 aliphatic rings. The van der Waals surface area contributed by atoms with E-state index in [9.17, 15) is 4.79 Å². The summed E-state index contributed by atoms with van der Waals surface area (Å²) in [6.07, 6.45) is 6.00. The van der Waals surface area contributed by atoms with Crippen LogP contribution in [0.4, 0.5) is 5.82 Å². The summed E-state index contributed by atoms with van der Waals surface area (Å²) in [5, 5.41) is 7.88. The van der Waals surface area contributed by atoms with Crippen molar-refractivity contribution < 1.29 is 14.3 Å². The molecule has 2 heterocycles. The second kappa shape index (κ2) is 6.51. The van der Waals surface area contributed by atoms with E-state index in [1.54, 1.807) is 32.4 Å². The Kier molecular flexibility index (Phi) is 3.96. The minimum Gasteiger partial charge on any atom is -0.497 e. The summed E-state index contributed by atoms with van der Waals surface area (Å²) < 4.78 is 12.4. The predicted molar refractivity (Wildman–Crippen MR) is 105 cm³/mol. The molecule has 3 aromatic rings. The first-order chi connectivity index (χ1) is 13.7. The molecule has 0 spiro atoms. The van der Waals surface area contributed by atoms with Crippen LogP contribution >= 0.6 is 0 Å². The van der Waals surface area contributed by atoms with Crippen LogP contribution in [0.5, 0.6) is 11.5 Å². The highest BCUT2D eigenvalue weighted by Gasteiger charge is 2.27. The third kappa shape index (κ3) is 2.61. The highest BCUT2D eigenvalue weighted by Crippen LogP contribution is 2.33. The zero-order valence-corrected chi connectivity index (χ0v) is 16.0. The van der Waals surface area contributed by atoms with E-state index < -0.39 is 0 Å². The van der Waals surface area contributed by atoms with Gasteiger partial charge >= 0.3 is 0 Å². The van der Waals surface area contributed by atoms with Gasteiger partial charge in [0.05, 0.1) is 19.9 Å². The molecule has 0 aliphatic heterocycles. The summed E-state index contributed by atoms with van der Waals surface area (Å²) in [5.41, 5.74) is 5.89. The van der Waals surface area contributed by atoms with Crippen LogP contribution in [0.25, 0.3) is 5.65 Å². The lowest BCUT2D eigenvalue weighted by Gasteiger charge is -2.14. The van der Waals surface area contributed by atoms with Crippen molar-refractivity contribution >= 4 is 17.4 Å². The molecule has 0 atom stereocenters. The molecule has 28 heavy (non-hydrogen) atoms. The van der Waals surface area contributed by atoms with Crippen LogP contribution in [0.3, 0.4) is 0 Å². The Morgan fingerprint density at radius 2 is 1.64 bits per heavy atom. The molecule has 2 aliphatic carbocycles. The fourth-order valence-electron chi connectivity index (χ4n) is 4.25. The number of ether oxygens (including phenoxy) is 2. The number of fused-ring (bicyclic) bond motifs is 4. The van der Waals surface area contributed by atoms with Gasteiger partial charge in [-0.2, -0.15) is 9.61 Å². The lowest BCUT2D eigenvalue weighted by molar-refractivity contribution is 0.102. The zero-order chi connectivity index (χ0) is 19.3. The first-order valence-electron chi connectivity index (χ1n) is 9.64. The number of amides is 1. The van der Waals surface area contributed by atoms with Crippen molar-refractivity contribution in [2.75, 3.05) is 19.5 Å². The third-order valence-corrected chi connectivity index (χ3v) is 5.65. The number of aromatic nitrogens is 3. The number of methoxy groups -OCH3 is 2. The molecule has 0 saturated heterocycles. The van der Waals surface area contributed by atoms with Crippen molar-refractivity contribution in [1.29, 1.82) is 0 Å². The van der Waals surface area contributed by atoms with Crippen LogP contribution in [0.2, 0.25) is 0 Å². The van der Waals surface area contributed by atoms with E-state index in [0.29, 0.717) is 17.1 Å². The topological polar surface area (TPSA) is 77.8 Å². The SMILES string of the molecule is COc1cc(OC)cc(C(=O)Nc2c3c(nc4c5c(nn24)CCC5)CCC3)c1. The molecular weight excluding hydrogens is 356 g/mol. The molecule has 0 unspecified atom stereocenters. The summed E-state index contributed by atoms with van der Waals surface area (Å²) in [6.45, 7) is 0. The van der Waals surface area contributed by atoms with Crippen molar-refractivity contribution in [3.63, 3.8) is 0 Å². The van der Waals surface area contributed by atoms with Gasteiger partial charge in [0.1, 0.15) is 17.3 Å². The highest BCUT2D eigenvalue weighted by molar-refractivity contribution is 6.05. The summed E-state index contributed by atoms with van der Waals surface area (Å²) in [6, 6.07) is 5.16. The van der Waals surface area contributed by atoms with E-state index in [0.717, 1.165) is 66.9 Å². The monoisotopic (exact) mass is 378 g/mol. The van der Waals surface area contributed by atoms with Crippen LogP contribution in [0.15, 0.2) is 18.2 Å². The Hall–Kier alpha value is -3.09. The smallest absolute Gasteiger partial charge is 0.257 e. The summed E-state index contributed by atoms with van der Waals surface area (Å²) in [5.74, 6) is 1.69. The van der Waals surface area contributed by atoms with Gasteiger partial charge in [0.25, 0.3) is 5.91 Å². The van der Waals surface area contributed by atoms with Crippen molar-refractivity contribution in [3.8, 4) is 11.5 Å². The molecule has 2 aromatic heterocycles. The van der Waals surface area contributed by atoms with Crippen molar-refractivity contribution in [3.05, 3.63) is 46.3 Å². The zero-order valence-electron chi connectivity index (χ0n) is 16.0. The van der Waals surface area contributed by atoms with E-state index >= 15 is 0 Å². The molecule has 0 saturated carbocycles. The lowest BCUT2D eigenvalue weighted by atomic mass is 10.1. The van der Waals surface area contributed by atoms with E-state index in [4.69, 9.17) is 19.6 Å². The van der Waals surface area contributed by atoms with Gasteiger partial charge in [-0.05, 0) is 50.7 Å². The van der Waals surface area contributed by atoms with Gasteiger partial charge in [-0.1, -0.05) is 0 Å². The number of rotatable bonds is 4. The maximum atomic E-state index is 13.1. The van der Waals surface area contributed by atoms with Crippen LogP contribution in [-0.4, -0.2) is 34.7 Å². The van der Waals surface area contributed by atoms with Gasteiger partial charge in [-0.25, -0.2) is 4.98 Å². The number of hydrogen-bond donors (Lipinski definition) is 1. The second-order valence-electron chi connectivity index (χ2n) is 7.31. The largest absolute Gasteiger partial charge is 0.497 e. The van der Waals surface area contributed by atoms with Crippen LogP contribution < -0.4 is 14.8 Å². The predicted octanol–water partition coefficient (Wildman–Crippen LogP) is 2.98. The minimum atomic E-state index is -0.213. The fraction of sp³-hybridized carbons (Fsp3) is 0.381. The van der Waals surface area contributed by atoms with Crippen LogP contribution in [-0.2, 0) is 25.7 Å². The van der Waals surface area contributed by atoms with Gasteiger partial charge in [0.2, 0.25) is 0 Å². The Bertz CT molecular complexity index is 1080. The number of nitrogens with zero attached hydrogens (tertiary/aromatic N) is 3. The van der Waals surface area contributed by atoms with Crippen molar-refractivity contribution in [2.24, 2.45) is 0 Å². The average Bonchev–Trinajstić information content (AvgIpc) is 3.43. The molecule has 7 heteroatoms. The number of hydrogen-bond acceptors (Lipinski definition) is 5. The maximum absolute atomic E-state index is 13.1. The van der Waals surface area contributed by atoms with Crippen molar-refractivity contribution in [2.45, 2.75) is 38.5 Å². The third-order valence-electron chi connectivity index (χ3n) is 5.65. The molecule has 5 rings (SSSR count). The minimum absolute atomic E-state index is 0.213. The quantitative estimate of drug-likeness (QED) is 0.755. The Balaban J connectivity index is 1.59. The molecule has 1 aromatic carbocycles. The number of carbonyl (C=O) groups excluding carboxylic acids is 1. The molecular formula is C21H22N4O3. The standard InChI is InChI=1S/C21H22N4O3/c1-27-13-9-12(10-14(11-13)28-2)21(26)23-20-15-5-3-7-17(15)22-19-16-6-4-8-18(16)24-25(19)20/h9-11H,3-8H2,1-2H3,(H,23,26). The molecule has 0 bridgehead atoms. The summed E-state index contributed by atoms with van der Waals surface area (Å²) in [7, 11) is 3.14. The number of benzene rings is 1. The molecule has 144 valence electrons. The van der Waals surface area contributed by atoms with Crippen LogP contribution in [0.1, 0.15) is 45.7 Å². The van der Waals surface area contributed by atoms with Crippen molar-refractivity contribution in [1.82, 2.24) is 14.6 Å². The molecule has 7 nitrogen and oxygen atoms in total. The number of nitrogens with one attached hydrogen (secondary N) is 1. The normalized spacial score (nSPS) is 14.8. The fourth-order valence-corrected chi connectivity index (χ4v) is 4.25. The molecule has 1 N–H and O–H groups in total. The number of anilines is 1. The van der Waals surface area contributed by atoms with Gasteiger partial charge in [0, 0.05) is 28.5 Å². The van der Waals surface area contributed by atoms with E-state index in [1.807, 2.05) is 4.52 Å². The Morgan fingerprint density at radius 3 is 2.36 bits per heavy atom. The first-order valence-corrected chi connectivity index (χ1v) is 9.64. The molecule has 0 radical (unpaired) electrons.